The highest BCUT2D eigenvalue weighted by Crippen LogP contribution is 2.29. The highest BCUT2D eigenvalue weighted by atomic mass is 127. The molecule has 0 atom stereocenters. The summed E-state index contributed by atoms with van der Waals surface area (Å²) in [6.07, 6.45) is 0. The summed E-state index contributed by atoms with van der Waals surface area (Å²) >= 11 is 5.45. The summed E-state index contributed by atoms with van der Waals surface area (Å²) in [4.78, 5) is 10.3. The van der Waals surface area contributed by atoms with E-state index in [4.69, 9.17) is 0 Å². The molecule has 2 rings (SSSR count). The molecule has 1 aromatic carbocycles. The minimum Gasteiger partial charge on any atom is -0.258 e. The molecule has 1 heterocycles. The fourth-order valence-corrected chi connectivity index (χ4v) is 2.45. The Hall–Kier alpha value is -0.700. The number of hydrogen-bond acceptors (Lipinski definition) is 2. The molecule has 0 saturated heterocycles. The topological polar surface area (TPSA) is 62.8 Å². The Kier molecular flexibility index (Phi) is 2.67. The van der Waals surface area contributed by atoms with Crippen LogP contribution in [0, 0.1) is 13.8 Å². The molecule has 0 bridgehead atoms. The van der Waals surface area contributed by atoms with Gasteiger partial charge in [-0.2, -0.15) is 5.10 Å². The molecule has 2 aromatic rings. The van der Waals surface area contributed by atoms with E-state index in [9.17, 15) is 10.1 Å². The average molecular weight is 383 g/mol. The molecule has 78 valence electrons. The van der Waals surface area contributed by atoms with Crippen molar-refractivity contribution in [1.29, 1.82) is 0 Å². The standard InChI is InChI=1S/C8H5BrIN3O2/c1-12-8(10)5-2-4(13(14)15)3-6(9)7(5)11-12/h2-3H,1H3/p+1. The fourth-order valence-electron chi connectivity index (χ4n) is 1.37. The van der Waals surface area contributed by atoms with Gasteiger partial charge in [-0.25, -0.2) is 0 Å². The third-order valence-electron chi connectivity index (χ3n) is 2.08. The van der Waals surface area contributed by atoms with E-state index in [1.807, 2.05) is 11.7 Å². The van der Waals surface area contributed by atoms with Crippen LogP contribution in [0.15, 0.2) is 16.6 Å². The lowest BCUT2D eigenvalue weighted by Crippen LogP contribution is -2.32. The average Bonchev–Trinajstić information content (AvgIpc) is 2.45. The lowest BCUT2D eigenvalue weighted by Gasteiger charge is -1.92. The zero-order valence-electron chi connectivity index (χ0n) is 7.62. The summed E-state index contributed by atoms with van der Waals surface area (Å²) in [6, 6.07) is 3.06. The molecule has 0 fully saturated rings. The van der Waals surface area contributed by atoms with Crippen molar-refractivity contribution in [2.24, 2.45) is 7.05 Å². The molecule has 0 aliphatic carbocycles. The number of aromatic amines is 1. The van der Waals surface area contributed by atoms with Crippen LogP contribution in [0.3, 0.4) is 0 Å². The van der Waals surface area contributed by atoms with Gasteiger partial charge in [-0.3, -0.25) is 10.1 Å². The lowest BCUT2D eigenvalue weighted by molar-refractivity contribution is -0.736. The van der Waals surface area contributed by atoms with Crippen LogP contribution in [0.1, 0.15) is 0 Å². The molecule has 15 heavy (non-hydrogen) atoms. The van der Waals surface area contributed by atoms with Crippen molar-refractivity contribution in [3.63, 3.8) is 0 Å². The van der Waals surface area contributed by atoms with Gasteiger partial charge < -0.3 is 0 Å². The number of nitro groups is 1. The Morgan fingerprint density at radius 3 is 2.87 bits per heavy atom. The van der Waals surface area contributed by atoms with Crippen molar-refractivity contribution in [2.75, 3.05) is 0 Å². The van der Waals surface area contributed by atoms with E-state index in [0.717, 1.165) is 14.6 Å². The van der Waals surface area contributed by atoms with Gasteiger partial charge in [-0.15, -0.1) is 4.68 Å². The first-order valence-corrected chi connectivity index (χ1v) is 5.89. The van der Waals surface area contributed by atoms with Crippen LogP contribution >= 0.6 is 38.5 Å². The summed E-state index contributed by atoms with van der Waals surface area (Å²) in [5.41, 5.74) is 0.958. The zero-order valence-corrected chi connectivity index (χ0v) is 11.4. The second-order valence-electron chi connectivity index (χ2n) is 3.07. The Morgan fingerprint density at radius 2 is 2.27 bits per heavy atom. The molecule has 0 saturated carbocycles. The van der Waals surface area contributed by atoms with E-state index >= 15 is 0 Å². The molecule has 5 nitrogen and oxygen atoms in total. The van der Waals surface area contributed by atoms with Crippen molar-refractivity contribution >= 4 is 55.1 Å². The number of fused-ring (bicyclic) bond motifs is 1. The molecule has 0 aliphatic rings. The minimum absolute atomic E-state index is 0.0897. The highest BCUT2D eigenvalue weighted by Gasteiger charge is 2.19. The van der Waals surface area contributed by atoms with E-state index in [1.54, 1.807) is 6.07 Å². The van der Waals surface area contributed by atoms with Crippen molar-refractivity contribution < 1.29 is 9.61 Å². The molecule has 0 radical (unpaired) electrons. The number of H-pyrrole nitrogens is 1. The molecule has 0 aliphatic heterocycles. The first-order valence-electron chi connectivity index (χ1n) is 4.02. The molecule has 0 spiro atoms. The lowest BCUT2D eigenvalue weighted by atomic mass is 10.2. The predicted octanol–water partition coefficient (Wildman–Crippen LogP) is 2.27. The van der Waals surface area contributed by atoms with Crippen LogP contribution < -0.4 is 4.68 Å². The number of benzene rings is 1. The number of non-ortho nitro benzene ring substituents is 1. The van der Waals surface area contributed by atoms with Gasteiger partial charge in [0.05, 0.1) is 14.8 Å². The van der Waals surface area contributed by atoms with Gasteiger partial charge in [0.15, 0.2) is 7.05 Å². The van der Waals surface area contributed by atoms with Crippen LogP contribution in [0.4, 0.5) is 5.69 Å². The molecule has 1 N–H and O–H groups in total. The molecule has 1 aromatic heterocycles. The SMILES string of the molecule is C[n+]1[nH]c2c(Br)cc([N+](=O)[O-])cc2c1I. The van der Waals surface area contributed by atoms with E-state index in [1.165, 1.54) is 6.07 Å². The number of halogens is 2. The van der Waals surface area contributed by atoms with Gasteiger partial charge >= 0.3 is 0 Å². The van der Waals surface area contributed by atoms with Crippen LogP contribution in [0.25, 0.3) is 10.9 Å². The Balaban J connectivity index is 2.85. The van der Waals surface area contributed by atoms with Crippen LogP contribution in [0.2, 0.25) is 0 Å². The maximum atomic E-state index is 10.7. The number of aromatic nitrogens is 2. The maximum absolute atomic E-state index is 10.7. The number of nitrogens with zero attached hydrogens (tertiary/aromatic N) is 2. The summed E-state index contributed by atoms with van der Waals surface area (Å²) < 4.78 is 3.46. The molecule has 0 unspecified atom stereocenters. The smallest absolute Gasteiger partial charge is 0.258 e. The van der Waals surface area contributed by atoms with Gasteiger partial charge in [0.1, 0.15) is 5.52 Å². The predicted molar refractivity (Wildman–Crippen MR) is 66.5 cm³/mol. The Morgan fingerprint density at radius 1 is 1.60 bits per heavy atom. The number of rotatable bonds is 1. The molecular formula is C8H6BrIN3O2+. The van der Waals surface area contributed by atoms with E-state index in [-0.39, 0.29) is 5.69 Å². The zero-order chi connectivity index (χ0) is 11.2. The van der Waals surface area contributed by atoms with Gasteiger partial charge in [0.2, 0.25) is 0 Å². The van der Waals surface area contributed by atoms with E-state index < -0.39 is 4.92 Å². The van der Waals surface area contributed by atoms with E-state index in [2.05, 4.69) is 43.6 Å². The third kappa shape index (κ3) is 1.73. The molecular weight excluding hydrogens is 377 g/mol. The normalized spacial score (nSPS) is 10.9. The second kappa shape index (κ2) is 3.71. The Bertz CT molecular complexity index is 567. The highest BCUT2D eigenvalue weighted by molar-refractivity contribution is 14.1. The molecule has 7 heteroatoms. The van der Waals surface area contributed by atoms with Crippen molar-refractivity contribution in [2.45, 2.75) is 0 Å². The fraction of sp³-hybridized carbons (Fsp3) is 0.125. The van der Waals surface area contributed by atoms with Gasteiger partial charge in [-0.05, 0) is 15.9 Å². The summed E-state index contributed by atoms with van der Waals surface area (Å²) in [5.74, 6) is 0. The largest absolute Gasteiger partial charge is 0.274 e. The number of nitrogens with one attached hydrogen (secondary N) is 1. The van der Waals surface area contributed by atoms with Crippen molar-refractivity contribution in [1.82, 2.24) is 5.10 Å². The quantitative estimate of drug-likeness (QED) is 0.356. The van der Waals surface area contributed by atoms with Gasteiger partial charge in [0, 0.05) is 34.7 Å². The van der Waals surface area contributed by atoms with Gasteiger partial charge in [-0.1, -0.05) is 0 Å². The molecule has 0 amide bonds. The second-order valence-corrected chi connectivity index (χ2v) is 4.95. The maximum Gasteiger partial charge on any atom is 0.274 e. The van der Waals surface area contributed by atoms with Crippen LogP contribution in [-0.2, 0) is 7.05 Å². The Labute approximate surface area is 107 Å². The summed E-state index contributed by atoms with van der Waals surface area (Å²) in [6.45, 7) is 0. The number of nitro benzene ring substituents is 1. The summed E-state index contributed by atoms with van der Waals surface area (Å²) in [7, 11) is 1.86. The van der Waals surface area contributed by atoms with Crippen molar-refractivity contribution in [3.8, 4) is 0 Å². The third-order valence-corrected chi connectivity index (χ3v) is 4.01. The summed E-state index contributed by atoms with van der Waals surface area (Å²) in [5, 5.41) is 14.6. The number of hydrogen-bond donors (Lipinski definition) is 1. The van der Waals surface area contributed by atoms with Gasteiger partial charge in [0.25, 0.3) is 9.39 Å². The monoisotopic (exact) mass is 382 g/mol. The number of aryl methyl sites for hydroxylation is 1. The minimum atomic E-state index is -0.396. The first kappa shape index (κ1) is 10.8. The van der Waals surface area contributed by atoms with E-state index in [0.29, 0.717) is 4.47 Å². The van der Waals surface area contributed by atoms with Crippen LogP contribution in [-0.4, -0.2) is 10.0 Å². The van der Waals surface area contributed by atoms with Crippen molar-refractivity contribution in [3.05, 3.63) is 30.4 Å². The first-order chi connectivity index (χ1) is 7.00. The van der Waals surface area contributed by atoms with Crippen LogP contribution in [0.5, 0.6) is 0 Å².